The maximum atomic E-state index is 13.3. The lowest BCUT2D eigenvalue weighted by Gasteiger charge is -2.16. The summed E-state index contributed by atoms with van der Waals surface area (Å²) >= 11 is 0. The molecule has 0 saturated carbocycles. The van der Waals surface area contributed by atoms with Gasteiger partial charge in [-0.05, 0) is 45.7 Å². The van der Waals surface area contributed by atoms with Crippen molar-refractivity contribution in [1.29, 1.82) is 0 Å². The lowest BCUT2D eigenvalue weighted by atomic mass is 10.0. The van der Waals surface area contributed by atoms with E-state index in [2.05, 4.69) is 17.4 Å². The molecule has 1 N–H and O–H groups in total. The van der Waals surface area contributed by atoms with Gasteiger partial charge in [-0.15, -0.1) is 0 Å². The van der Waals surface area contributed by atoms with Gasteiger partial charge in [-0.25, -0.2) is 0 Å². The Kier molecular flexibility index (Phi) is 6.31. The molecule has 0 aliphatic heterocycles. The van der Waals surface area contributed by atoms with E-state index in [4.69, 9.17) is 0 Å². The number of benzene rings is 3. The molecule has 3 aromatic carbocycles. The van der Waals surface area contributed by atoms with Crippen LogP contribution < -0.4 is 5.32 Å². The third-order valence-electron chi connectivity index (χ3n) is 5.11. The molecule has 0 aliphatic carbocycles. The standard InChI is InChI=1S/C27H27NO2/c1-17-6-10-22(11-7-17)25(29)16-24(27(30)23-12-8-18(2)9-13-23)28-26-20(4)14-19(3)15-21(26)5/h6-16,28H,1-5H3/b24-16+. The molecule has 3 nitrogen and oxygen atoms in total. The van der Waals surface area contributed by atoms with Gasteiger partial charge in [-0.3, -0.25) is 9.59 Å². The number of nitrogens with one attached hydrogen (secondary N) is 1. The van der Waals surface area contributed by atoms with Crippen LogP contribution >= 0.6 is 0 Å². The monoisotopic (exact) mass is 397 g/mol. The second-order valence-corrected chi connectivity index (χ2v) is 7.88. The fourth-order valence-electron chi connectivity index (χ4n) is 3.46. The summed E-state index contributed by atoms with van der Waals surface area (Å²) in [4.78, 5) is 26.2. The van der Waals surface area contributed by atoms with Crippen LogP contribution in [-0.4, -0.2) is 11.6 Å². The Morgan fingerprint density at radius 3 is 1.63 bits per heavy atom. The number of ketones is 2. The molecule has 0 heterocycles. The number of hydrogen-bond donors (Lipinski definition) is 1. The van der Waals surface area contributed by atoms with Crippen LogP contribution in [0.3, 0.4) is 0 Å². The van der Waals surface area contributed by atoms with Crippen molar-refractivity contribution in [3.05, 3.63) is 111 Å². The fraction of sp³-hybridized carbons (Fsp3) is 0.185. The topological polar surface area (TPSA) is 46.2 Å². The summed E-state index contributed by atoms with van der Waals surface area (Å²) < 4.78 is 0. The molecule has 0 aromatic heterocycles. The molecular formula is C27H27NO2. The minimum absolute atomic E-state index is 0.208. The Morgan fingerprint density at radius 2 is 1.13 bits per heavy atom. The number of rotatable bonds is 6. The molecule has 0 aliphatic rings. The molecule has 0 fully saturated rings. The highest BCUT2D eigenvalue weighted by Gasteiger charge is 2.17. The van der Waals surface area contributed by atoms with Crippen LogP contribution in [-0.2, 0) is 0 Å². The summed E-state index contributed by atoms with van der Waals surface area (Å²) in [7, 11) is 0. The zero-order valence-electron chi connectivity index (χ0n) is 18.2. The lowest BCUT2D eigenvalue weighted by molar-refractivity contribution is 0.101. The van der Waals surface area contributed by atoms with E-state index < -0.39 is 0 Å². The second kappa shape index (κ2) is 8.91. The highest BCUT2D eigenvalue weighted by molar-refractivity contribution is 6.16. The van der Waals surface area contributed by atoms with Gasteiger partial charge < -0.3 is 5.32 Å². The lowest BCUT2D eigenvalue weighted by Crippen LogP contribution is -2.15. The smallest absolute Gasteiger partial charge is 0.209 e. The fourth-order valence-corrected chi connectivity index (χ4v) is 3.46. The van der Waals surface area contributed by atoms with Crippen LogP contribution in [0.5, 0.6) is 0 Å². The third kappa shape index (κ3) is 4.93. The summed E-state index contributed by atoms with van der Waals surface area (Å²) in [6.07, 6.45) is 1.41. The maximum Gasteiger partial charge on any atom is 0.209 e. The Labute approximate surface area is 178 Å². The largest absolute Gasteiger partial charge is 0.352 e. The van der Waals surface area contributed by atoms with Crippen LogP contribution in [0.15, 0.2) is 72.4 Å². The first-order valence-electron chi connectivity index (χ1n) is 10.0. The normalized spacial score (nSPS) is 11.3. The number of carbonyl (C=O) groups excluding carboxylic acids is 2. The van der Waals surface area contributed by atoms with Crippen molar-refractivity contribution >= 4 is 17.3 Å². The van der Waals surface area contributed by atoms with Crippen molar-refractivity contribution in [2.24, 2.45) is 0 Å². The molecule has 0 spiro atoms. The predicted molar refractivity (Wildman–Crippen MR) is 123 cm³/mol. The molecule has 3 aromatic rings. The molecule has 0 atom stereocenters. The maximum absolute atomic E-state index is 13.3. The summed E-state index contributed by atoms with van der Waals surface area (Å²) in [5, 5.41) is 3.26. The highest BCUT2D eigenvalue weighted by Crippen LogP contribution is 2.25. The Hall–Kier alpha value is -3.46. The van der Waals surface area contributed by atoms with Gasteiger partial charge in [0.2, 0.25) is 5.78 Å². The Morgan fingerprint density at radius 1 is 0.667 bits per heavy atom. The van der Waals surface area contributed by atoms with E-state index in [9.17, 15) is 9.59 Å². The number of aryl methyl sites for hydroxylation is 5. The summed E-state index contributed by atoms with van der Waals surface area (Å²) in [5.41, 5.74) is 7.56. The molecule has 0 saturated heterocycles. The average molecular weight is 398 g/mol. The molecule has 0 bridgehead atoms. The van der Waals surface area contributed by atoms with Crippen molar-refractivity contribution in [3.63, 3.8) is 0 Å². The Balaban J connectivity index is 2.04. The number of anilines is 1. The van der Waals surface area contributed by atoms with Crippen LogP contribution in [0.4, 0.5) is 5.69 Å². The zero-order valence-corrected chi connectivity index (χ0v) is 18.2. The summed E-state index contributed by atoms with van der Waals surface area (Å²) in [6, 6.07) is 18.8. The molecule has 0 radical (unpaired) electrons. The quantitative estimate of drug-likeness (QED) is 0.393. The zero-order chi connectivity index (χ0) is 21.8. The van der Waals surface area contributed by atoms with Crippen molar-refractivity contribution in [2.75, 3.05) is 5.32 Å². The van der Waals surface area contributed by atoms with E-state index in [1.807, 2.05) is 58.9 Å². The van der Waals surface area contributed by atoms with E-state index >= 15 is 0 Å². The molecule has 3 rings (SSSR count). The number of carbonyl (C=O) groups is 2. The van der Waals surface area contributed by atoms with Gasteiger partial charge in [0, 0.05) is 22.9 Å². The van der Waals surface area contributed by atoms with Crippen molar-refractivity contribution in [2.45, 2.75) is 34.6 Å². The number of allylic oxidation sites excluding steroid dienone is 2. The van der Waals surface area contributed by atoms with Gasteiger partial charge >= 0.3 is 0 Å². The SMILES string of the molecule is Cc1ccc(C(=O)/C=C(/Nc2c(C)cc(C)cc2C)C(=O)c2ccc(C)cc2)cc1. The average Bonchev–Trinajstić information content (AvgIpc) is 2.70. The van der Waals surface area contributed by atoms with Gasteiger partial charge in [0.15, 0.2) is 5.78 Å². The summed E-state index contributed by atoms with van der Waals surface area (Å²) in [5.74, 6) is -0.421. The van der Waals surface area contributed by atoms with Crippen molar-refractivity contribution < 1.29 is 9.59 Å². The van der Waals surface area contributed by atoms with Gasteiger partial charge in [-0.2, -0.15) is 0 Å². The molecule has 3 heteroatoms. The van der Waals surface area contributed by atoms with Crippen LogP contribution in [0.25, 0.3) is 0 Å². The van der Waals surface area contributed by atoms with Crippen LogP contribution in [0, 0.1) is 34.6 Å². The molecular weight excluding hydrogens is 370 g/mol. The predicted octanol–water partition coefficient (Wildman–Crippen LogP) is 6.29. The van der Waals surface area contributed by atoms with Crippen LogP contribution in [0.1, 0.15) is 48.5 Å². The van der Waals surface area contributed by atoms with Crippen molar-refractivity contribution in [3.8, 4) is 0 Å². The van der Waals surface area contributed by atoms with Crippen molar-refractivity contribution in [1.82, 2.24) is 0 Å². The number of Topliss-reactive ketones (excluding diaryl/α,β-unsaturated/α-hetero) is 1. The van der Waals surface area contributed by atoms with E-state index in [1.54, 1.807) is 24.3 Å². The first kappa shape index (κ1) is 21.3. The van der Waals surface area contributed by atoms with E-state index in [-0.39, 0.29) is 17.3 Å². The highest BCUT2D eigenvalue weighted by atomic mass is 16.1. The van der Waals surface area contributed by atoms with Gasteiger partial charge in [0.1, 0.15) is 0 Å². The van der Waals surface area contributed by atoms with Crippen LogP contribution in [0.2, 0.25) is 0 Å². The first-order valence-corrected chi connectivity index (χ1v) is 10.0. The third-order valence-corrected chi connectivity index (χ3v) is 5.11. The molecule has 0 unspecified atom stereocenters. The van der Waals surface area contributed by atoms with E-state index in [0.29, 0.717) is 11.1 Å². The minimum Gasteiger partial charge on any atom is -0.352 e. The second-order valence-electron chi connectivity index (χ2n) is 7.88. The van der Waals surface area contributed by atoms with Gasteiger partial charge in [0.25, 0.3) is 0 Å². The first-order chi connectivity index (χ1) is 14.2. The van der Waals surface area contributed by atoms with E-state index in [0.717, 1.165) is 33.5 Å². The molecule has 0 amide bonds. The summed E-state index contributed by atoms with van der Waals surface area (Å²) in [6.45, 7) is 9.99. The minimum atomic E-state index is -0.213. The molecule has 152 valence electrons. The van der Waals surface area contributed by atoms with Gasteiger partial charge in [0.05, 0.1) is 5.70 Å². The number of hydrogen-bond acceptors (Lipinski definition) is 3. The molecule has 30 heavy (non-hydrogen) atoms. The van der Waals surface area contributed by atoms with E-state index in [1.165, 1.54) is 6.08 Å². The van der Waals surface area contributed by atoms with Gasteiger partial charge in [-0.1, -0.05) is 77.4 Å². The Bertz CT molecular complexity index is 1100.